The molecular weight excluding hydrogens is 1910 g/mol. The van der Waals surface area contributed by atoms with Crippen LogP contribution >= 0.6 is 0 Å². The van der Waals surface area contributed by atoms with Crippen molar-refractivity contribution in [1.29, 1.82) is 5.26 Å². The molecule has 21 heterocycles. The van der Waals surface area contributed by atoms with Crippen molar-refractivity contribution in [2.24, 2.45) is 14.1 Å². The van der Waals surface area contributed by atoms with Gasteiger partial charge in [0.25, 0.3) is 18.2 Å². The Bertz CT molecular complexity index is 7090. The Kier molecular flexibility index (Phi) is 29.7. The van der Waals surface area contributed by atoms with E-state index in [1.165, 1.54) is 33.8 Å². The molecule has 0 unspecified atom stereocenters. The summed E-state index contributed by atoms with van der Waals surface area (Å²) in [6.45, 7) is 17.3. The molecule has 150 heavy (non-hydrogen) atoms. The van der Waals surface area contributed by atoms with E-state index in [9.17, 15) is 42.8 Å². The predicted molar refractivity (Wildman–Crippen MR) is 560 cm³/mol. The molecule has 784 valence electrons. The monoisotopic (exact) mass is 2040 g/mol. The van der Waals surface area contributed by atoms with Crippen molar-refractivity contribution >= 4 is 81.7 Å². The molecule has 4 N–H and O–H groups in total. The molecule has 0 atom stereocenters. The molecule has 12 aliphatic heterocycles. The first-order chi connectivity index (χ1) is 73.1. The number of halogens is 2. The number of fused-ring (bicyclic) bond motifs is 8. The number of hydrogen-bond donors (Lipinski definition) is 4. The Morgan fingerprint density at radius 2 is 0.767 bits per heavy atom. The smallest absolute Gasteiger partial charge is 0.317 e. The number of pyridine rings is 3. The lowest BCUT2D eigenvalue weighted by Crippen LogP contribution is -2.42. The van der Waals surface area contributed by atoms with Crippen LogP contribution < -0.4 is 40.9 Å². The Labute approximate surface area is 869 Å². The number of carbonyl (C=O) groups is 6. The van der Waals surface area contributed by atoms with E-state index in [1.54, 1.807) is 106 Å². The second-order valence-corrected chi connectivity index (χ2v) is 40.5. The first kappa shape index (κ1) is 101. The summed E-state index contributed by atoms with van der Waals surface area (Å²) in [6, 6.07) is 26.9. The van der Waals surface area contributed by atoms with Crippen LogP contribution in [0.15, 0.2) is 116 Å². The van der Waals surface area contributed by atoms with Gasteiger partial charge in [0.2, 0.25) is 11.8 Å². The highest BCUT2D eigenvalue weighted by atomic mass is 19.3. The average Bonchev–Trinajstić information content (AvgIpc) is 1.57. The maximum atomic E-state index is 14.3. The van der Waals surface area contributed by atoms with E-state index in [4.69, 9.17) is 44.3 Å². The molecule has 40 heteroatoms. The number of ether oxygens (including phenoxy) is 4. The summed E-state index contributed by atoms with van der Waals surface area (Å²) in [4.78, 5) is 103. The van der Waals surface area contributed by atoms with E-state index >= 15 is 0 Å². The summed E-state index contributed by atoms with van der Waals surface area (Å²) in [5.41, 5.74) is 26.2. The minimum Gasteiger partial charge on any atom is -0.381 e. The van der Waals surface area contributed by atoms with Crippen LogP contribution in [0.5, 0.6) is 0 Å². The number of carbonyl (C=O) groups excluding carboxylic acids is 6. The summed E-state index contributed by atoms with van der Waals surface area (Å²) in [7, 11) is 10.2. The number of amides is 8. The van der Waals surface area contributed by atoms with Crippen LogP contribution in [0.25, 0.3) is 44.6 Å². The zero-order chi connectivity index (χ0) is 104. The van der Waals surface area contributed by atoms with Gasteiger partial charge in [-0.25, -0.2) is 18.4 Å². The minimum absolute atomic E-state index is 0.0108. The van der Waals surface area contributed by atoms with Crippen LogP contribution in [0.1, 0.15) is 214 Å². The van der Waals surface area contributed by atoms with Crippen molar-refractivity contribution < 1.29 is 56.5 Å². The van der Waals surface area contributed by atoms with Crippen LogP contribution in [-0.2, 0) is 120 Å². The number of anilines is 8. The fourth-order valence-corrected chi connectivity index (χ4v) is 23.6. The molecule has 12 aliphatic rings. The molecule has 4 saturated heterocycles. The zero-order valence-electron chi connectivity index (χ0n) is 86.5. The summed E-state index contributed by atoms with van der Waals surface area (Å²) in [5, 5.41) is 50.1. The average molecular weight is 2040 g/mol. The van der Waals surface area contributed by atoms with Crippen molar-refractivity contribution in [2.75, 3.05) is 153 Å². The Balaban J connectivity index is 0.000000117. The largest absolute Gasteiger partial charge is 0.381 e. The third-order valence-electron chi connectivity index (χ3n) is 31.6. The molecule has 24 rings (SSSR count). The van der Waals surface area contributed by atoms with Crippen molar-refractivity contribution in [2.45, 2.75) is 193 Å². The van der Waals surface area contributed by atoms with Crippen molar-refractivity contribution in [3.05, 3.63) is 206 Å². The number of alkyl halides is 2. The Morgan fingerprint density at radius 1 is 0.380 bits per heavy atom. The normalized spacial score (nSPS) is 17.7. The highest BCUT2D eigenvalue weighted by molar-refractivity contribution is 5.94. The molecule has 0 saturated carbocycles. The van der Waals surface area contributed by atoms with Gasteiger partial charge in [0.15, 0.2) is 23.3 Å². The van der Waals surface area contributed by atoms with Gasteiger partial charge in [-0.05, 0) is 184 Å². The lowest BCUT2D eigenvalue weighted by Gasteiger charge is -2.33. The van der Waals surface area contributed by atoms with Gasteiger partial charge in [-0.2, -0.15) is 35.9 Å². The summed E-state index contributed by atoms with van der Waals surface area (Å²) < 4.78 is 63.3. The third kappa shape index (κ3) is 20.3. The second kappa shape index (κ2) is 44.1. The zero-order valence-corrected chi connectivity index (χ0v) is 86.5. The van der Waals surface area contributed by atoms with Gasteiger partial charge < -0.3 is 79.4 Å². The van der Waals surface area contributed by atoms with E-state index in [0.29, 0.717) is 112 Å². The summed E-state index contributed by atoms with van der Waals surface area (Å²) in [6.07, 6.45) is 27.3. The van der Waals surface area contributed by atoms with Gasteiger partial charge in [0.1, 0.15) is 11.4 Å². The van der Waals surface area contributed by atoms with Gasteiger partial charge in [-0.15, -0.1) is 0 Å². The van der Waals surface area contributed by atoms with Crippen molar-refractivity contribution in [1.82, 2.24) is 115 Å². The summed E-state index contributed by atoms with van der Waals surface area (Å²) in [5.74, 6) is 3.37. The maximum Gasteiger partial charge on any atom is 0.317 e. The highest BCUT2D eigenvalue weighted by Crippen LogP contribution is 2.50. The fourth-order valence-electron chi connectivity index (χ4n) is 23.6. The number of nitriles is 1. The lowest BCUT2D eigenvalue weighted by molar-refractivity contribution is -0.130. The van der Waals surface area contributed by atoms with E-state index in [-0.39, 0.29) is 53.3 Å². The molecule has 0 spiro atoms. The molecular formula is C110H130F2N28O10. The SMILES string of the molecule is CC(=O)N1CCc2c(c(N3CCCc4cc(-c5cnn(C)c5)ncc43)nn2C2CCOCC2)C1.CNC(=O)N1CCc2c(c(N3CCc4cc(-c5cnn(C)c5)c(C(F)F)cc43)nn2C2CCOCC2)C1.CNC(=O)c1ccc(-c2cc3c(cc2C#N)N(c2nn(C4CCOCC4)c4c2CN(C(C)=O)CC4)CCC3)cn1.CNC(=O)c1ccc(-c2ccc3c(c2)CCCN3c2nn(C3CCOCC3)c3c2CN(C(=O)NC)CC3)cn1. The van der Waals surface area contributed by atoms with Gasteiger partial charge >= 0.3 is 12.1 Å². The Hall–Kier alpha value is -14.8. The molecule has 38 nitrogen and oxygen atoms in total. The lowest BCUT2D eigenvalue weighted by atomic mass is 9.92. The second-order valence-electron chi connectivity index (χ2n) is 40.5. The molecule has 9 aromatic heterocycles. The molecule has 0 bridgehead atoms. The number of nitrogens with one attached hydrogen (secondary N) is 4. The number of aryl methyl sites for hydroxylation is 5. The summed E-state index contributed by atoms with van der Waals surface area (Å²) >= 11 is 0. The van der Waals surface area contributed by atoms with Crippen LogP contribution in [0.3, 0.4) is 0 Å². The molecule has 0 aliphatic carbocycles. The molecule has 0 radical (unpaired) electrons. The third-order valence-corrected chi connectivity index (χ3v) is 31.6. The number of rotatable bonds is 15. The minimum atomic E-state index is -2.62. The quantitative estimate of drug-likeness (QED) is 0.0740. The molecule has 8 amide bonds. The molecule has 3 aromatic carbocycles. The van der Waals surface area contributed by atoms with Crippen LogP contribution in [0.4, 0.5) is 64.4 Å². The maximum absolute atomic E-state index is 14.3. The van der Waals surface area contributed by atoms with Gasteiger partial charge in [0, 0.05) is 307 Å². The highest BCUT2D eigenvalue weighted by Gasteiger charge is 2.42. The van der Waals surface area contributed by atoms with Crippen LogP contribution in [0.2, 0.25) is 0 Å². The van der Waals surface area contributed by atoms with E-state index in [1.807, 2.05) is 64.6 Å². The van der Waals surface area contributed by atoms with Gasteiger partial charge in [-0.3, -0.25) is 62.2 Å². The van der Waals surface area contributed by atoms with Crippen molar-refractivity contribution in [3.63, 3.8) is 0 Å². The van der Waals surface area contributed by atoms with Gasteiger partial charge in [-0.1, -0.05) is 18.2 Å². The van der Waals surface area contributed by atoms with Gasteiger partial charge in [0.05, 0.1) is 92.0 Å². The first-order valence-corrected chi connectivity index (χ1v) is 52.8. The molecule has 12 aromatic rings. The topological polar surface area (TPSA) is 383 Å². The van der Waals surface area contributed by atoms with E-state index < -0.39 is 6.43 Å². The standard InChI is InChI=1S/C30H33N7O3.C29H35N7O3.C26H31F2N7O2.C25H31N7O2/c1-19(38)35-11-7-27-25(18-35)29(34-37(27)23-8-12-40-13-9-23)36-10-3-4-20-14-24(22(16-31)15-28(20)36)21-5-6-26(33-17-21)30(39)32-2;1-30-28(37)24-7-5-21(17-32-24)19-6-8-25-20(16-19)4-3-12-35(25)27-23-18-34(29(38)31-2)13-9-26(23)36(33-27)22-10-14-39-15-11-22;1-29-26(36)33-7-4-22-21(15-33)25(31-35(22)18-5-9-37-10-6-18)34-8-3-16-11-19(17-13-30-32(2)14-17)20(24(27)28)12-23(16)34;1-17(33)30-9-5-23-21(16-30)25(28-32(23)20-6-10-34-11-7-20)31-8-3-4-18-12-22(26-14-24(18)31)19-13-27-29(2)15-19/h5-6,14-15,17,23H,3-4,7-13,18H2,1-2H3,(H,32,39);5-8,16-17,22H,3-4,9-15,18H2,1-2H3,(H,30,37)(H,31,38);11-14,18,24H,3-10,15H2,1-2H3,(H,29,36);12-15,20H,3-11,16H2,1-2H3. The Morgan fingerprint density at radius 3 is 1.18 bits per heavy atom. The van der Waals surface area contributed by atoms with E-state index in [2.05, 4.69) is 116 Å². The van der Waals surface area contributed by atoms with Crippen molar-refractivity contribution in [3.8, 4) is 50.7 Å². The molecule has 4 fully saturated rings. The predicted octanol–water partition coefficient (Wildman–Crippen LogP) is 13.9. The number of aromatic nitrogens is 15. The number of nitrogens with zero attached hydrogens (tertiary/aromatic N) is 24. The number of benzene rings is 3. The fraction of sp³-hybridized carbons (Fsp3) is 0.473. The number of hydrogen-bond acceptors (Lipinski definition) is 24. The van der Waals surface area contributed by atoms with E-state index in [0.717, 1.165) is 294 Å². The first-order valence-electron chi connectivity index (χ1n) is 52.8. The van der Waals surface area contributed by atoms with Crippen LogP contribution in [0, 0.1) is 11.3 Å². The van der Waals surface area contributed by atoms with Crippen LogP contribution in [-0.4, -0.2) is 262 Å². The number of urea groups is 2.